The molecule has 12 heteroatoms. The minimum absolute atomic E-state index is 0.0161. The molecule has 3 rings (SSSR count). The molecule has 1 saturated carbocycles. The molecule has 0 amide bonds. The Bertz CT molecular complexity index is 1120. The highest BCUT2D eigenvalue weighted by Gasteiger charge is 2.36. The number of carbonyl (C=O) groups is 1. The number of nitrogens with one attached hydrogen (secondary N) is 3. The van der Waals surface area contributed by atoms with Crippen LogP contribution in [0.2, 0.25) is 0 Å². The van der Waals surface area contributed by atoms with Crippen LogP contribution in [0, 0.1) is 0 Å². The number of alkyl halides is 3. The summed E-state index contributed by atoms with van der Waals surface area (Å²) in [6.45, 7) is 4.52. The number of Topliss-reactive ketones (excluding diaryl/α,β-unsaturated/α-hetero) is 1. The lowest BCUT2D eigenvalue weighted by molar-refractivity contribution is -0.137. The van der Waals surface area contributed by atoms with Crippen molar-refractivity contribution in [3.05, 3.63) is 36.0 Å². The maximum absolute atomic E-state index is 13.6. The van der Waals surface area contributed by atoms with Crippen molar-refractivity contribution < 1.29 is 26.4 Å². The summed E-state index contributed by atoms with van der Waals surface area (Å²) >= 11 is 0. The van der Waals surface area contributed by atoms with Gasteiger partial charge in [0.25, 0.3) is 0 Å². The molecule has 0 aliphatic heterocycles. The quantitative estimate of drug-likeness (QED) is 0.543. The van der Waals surface area contributed by atoms with Gasteiger partial charge in [-0.15, -0.1) is 0 Å². The third kappa shape index (κ3) is 6.12. The molecule has 3 N–H and O–H groups in total. The Balaban J connectivity index is 1.93. The van der Waals surface area contributed by atoms with Crippen LogP contribution in [0.3, 0.4) is 0 Å². The molecule has 0 saturated heterocycles. The van der Waals surface area contributed by atoms with Crippen LogP contribution in [0.4, 0.5) is 36.3 Å². The van der Waals surface area contributed by atoms with E-state index >= 15 is 0 Å². The zero-order valence-corrected chi connectivity index (χ0v) is 19.3. The van der Waals surface area contributed by atoms with Gasteiger partial charge in [-0.1, -0.05) is 12.1 Å². The smallest absolute Gasteiger partial charge is 0.351 e. The molecule has 0 radical (unpaired) electrons. The van der Waals surface area contributed by atoms with E-state index in [2.05, 4.69) is 25.3 Å². The molecule has 0 spiro atoms. The van der Waals surface area contributed by atoms with Crippen LogP contribution in [-0.4, -0.2) is 35.0 Å². The number of para-hydroxylation sites is 2. The van der Waals surface area contributed by atoms with Crippen molar-refractivity contribution in [2.75, 3.05) is 15.4 Å². The van der Waals surface area contributed by atoms with E-state index in [1.54, 1.807) is 12.1 Å². The maximum atomic E-state index is 13.6. The molecule has 0 unspecified atom stereocenters. The standard InChI is InChI=1S/C21H26F3N5O3S/c1-20(2,3)33(31,32)29-17-7-5-4-6-16(17)27-18-15(21(22,23)24)12-25-19(28-18)26-13-8-10-14(30)11-9-13/h4-7,12-13,29H,8-11H2,1-3H3,(H2,25,26,27,28). The topological polar surface area (TPSA) is 113 Å². The zero-order chi connectivity index (χ0) is 24.4. The highest BCUT2D eigenvalue weighted by molar-refractivity contribution is 7.94. The Kier molecular flexibility index (Phi) is 6.87. The normalized spacial score (nSPS) is 15.9. The molecule has 8 nitrogen and oxygen atoms in total. The summed E-state index contributed by atoms with van der Waals surface area (Å²) in [5.74, 6) is -0.384. The van der Waals surface area contributed by atoms with Crippen molar-refractivity contribution in [1.29, 1.82) is 0 Å². The summed E-state index contributed by atoms with van der Waals surface area (Å²) in [7, 11) is -3.82. The molecule has 1 aromatic heterocycles. The predicted molar refractivity (Wildman–Crippen MR) is 120 cm³/mol. The van der Waals surface area contributed by atoms with E-state index in [4.69, 9.17) is 0 Å². The van der Waals surface area contributed by atoms with Crippen molar-refractivity contribution in [2.24, 2.45) is 0 Å². The molecule has 180 valence electrons. The first-order valence-corrected chi connectivity index (χ1v) is 11.9. The molecule has 0 bridgehead atoms. The first-order chi connectivity index (χ1) is 15.3. The second-order valence-corrected chi connectivity index (χ2v) is 11.2. The second-order valence-electron chi connectivity index (χ2n) is 8.80. The number of ketones is 1. The van der Waals surface area contributed by atoms with Gasteiger partial charge in [0, 0.05) is 25.1 Å². The number of anilines is 4. The van der Waals surface area contributed by atoms with E-state index in [-0.39, 0.29) is 29.1 Å². The van der Waals surface area contributed by atoms with E-state index in [9.17, 15) is 26.4 Å². The molecular formula is C21H26F3N5O3S. The van der Waals surface area contributed by atoms with Gasteiger partial charge in [0.15, 0.2) is 0 Å². The Morgan fingerprint density at radius 2 is 1.64 bits per heavy atom. The summed E-state index contributed by atoms with van der Waals surface area (Å²) in [6, 6.07) is 5.89. The van der Waals surface area contributed by atoms with Crippen LogP contribution < -0.4 is 15.4 Å². The average Bonchev–Trinajstić information content (AvgIpc) is 2.69. The SMILES string of the molecule is CC(C)(C)S(=O)(=O)Nc1ccccc1Nc1nc(NC2CCC(=O)CC2)ncc1C(F)(F)F. The van der Waals surface area contributed by atoms with Gasteiger partial charge >= 0.3 is 6.18 Å². The summed E-state index contributed by atoms with van der Waals surface area (Å²) in [6.07, 6.45) is -2.19. The molecule has 2 aromatic rings. The van der Waals surface area contributed by atoms with Crippen molar-refractivity contribution >= 4 is 38.9 Å². The number of benzene rings is 1. The third-order valence-electron chi connectivity index (χ3n) is 5.20. The van der Waals surface area contributed by atoms with Crippen LogP contribution in [0.5, 0.6) is 0 Å². The number of rotatable bonds is 6. The van der Waals surface area contributed by atoms with Crippen molar-refractivity contribution in [1.82, 2.24) is 9.97 Å². The molecule has 0 atom stereocenters. The summed E-state index contributed by atoms with van der Waals surface area (Å²) < 4.78 is 67.3. The van der Waals surface area contributed by atoms with Gasteiger partial charge in [-0.3, -0.25) is 9.52 Å². The maximum Gasteiger partial charge on any atom is 0.421 e. The van der Waals surface area contributed by atoms with Crippen LogP contribution in [0.1, 0.15) is 52.0 Å². The number of halogens is 3. The fourth-order valence-corrected chi connectivity index (χ4v) is 3.90. The van der Waals surface area contributed by atoms with Crippen molar-refractivity contribution in [3.8, 4) is 0 Å². The Labute approximate surface area is 190 Å². The molecule has 1 aliphatic carbocycles. The highest BCUT2D eigenvalue weighted by Crippen LogP contribution is 2.37. The molecule has 1 aromatic carbocycles. The Morgan fingerprint density at radius 3 is 2.21 bits per heavy atom. The van der Waals surface area contributed by atoms with Gasteiger partial charge in [-0.25, -0.2) is 13.4 Å². The molecule has 33 heavy (non-hydrogen) atoms. The molecular weight excluding hydrogens is 459 g/mol. The van der Waals surface area contributed by atoms with Gasteiger partial charge in [0.1, 0.15) is 17.2 Å². The lowest BCUT2D eigenvalue weighted by atomic mass is 9.94. The van der Waals surface area contributed by atoms with E-state index in [0.717, 1.165) is 0 Å². The lowest BCUT2D eigenvalue weighted by Crippen LogP contribution is -2.33. The summed E-state index contributed by atoms with van der Waals surface area (Å²) in [4.78, 5) is 19.2. The lowest BCUT2D eigenvalue weighted by Gasteiger charge is -2.24. The molecule has 1 fully saturated rings. The number of nitrogens with zero attached hydrogens (tertiary/aromatic N) is 2. The third-order valence-corrected chi connectivity index (χ3v) is 7.30. The Morgan fingerprint density at radius 1 is 1.03 bits per heavy atom. The average molecular weight is 486 g/mol. The van der Waals surface area contributed by atoms with E-state index in [1.165, 1.54) is 32.9 Å². The second kappa shape index (κ2) is 9.16. The first-order valence-electron chi connectivity index (χ1n) is 10.4. The van der Waals surface area contributed by atoms with E-state index < -0.39 is 32.3 Å². The minimum atomic E-state index is -4.74. The van der Waals surface area contributed by atoms with Gasteiger partial charge in [-0.2, -0.15) is 18.2 Å². The number of sulfonamides is 1. The van der Waals surface area contributed by atoms with Crippen LogP contribution in [-0.2, 0) is 21.0 Å². The molecule has 1 heterocycles. The fraction of sp³-hybridized carbons (Fsp3) is 0.476. The number of carbonyl (C=O) groups excluding carboxylic acids is 1. The van der Waals surface area contributed by atoms with Crippen LogP contribution >= 0.6 is 0 Å². The molecule has 1 aliphatic rings. The van der Waals surface area contributed by atoms with Gasteiger partial charge < -0.3 is 10.6 Å². The number of hydrogen-bond donors (Lipinski definition) is 3. The number of aromatic nitrogens is 2. The van der Waals surface area contributed by atoms with E-state index in [0.29, 0.717) is 31.9 Å². The van der Waals surface area contributed by atoms with Crippen LogP contribution in [0.15, 0.2) is 30.5 Å². The first kappa shape index (κ1) is 24.7. The Hall–Kier alpha value is -2.89. The highest BCUT2D eigenvalue weighted by atomic mass is 32.2. The monoisotopic (exact) mass is 485 g/mol. The largest absolute Gasteiger partial charge is 0.421 e. The summed E-state index contributed by atoms with van der Waals surface area (Å²) in [5.41, 5.74) is -0.913. The van der Waals surface area contributed by atoms with Crippen LogP contribution in [0.25, 0.3) is 0 Å². The van der Waals surface area contributed by atoms with Gasteiger partial charge in [0.2, 0.25) is 16.0 Å². The van der Waals surface area contributed by atoms with Crippen molar-refractivity contribution in [3.63, 3.8) is 0 Å². The minimum Gasteiger partial charge on any atom is -0.351 e. The van der Waals surface area contributed by atoms with Gasteiger partial charge in [-0.05, 0) is 45.7 Å². The zero-order valence-electron chi connectivity index (χ0n) is 18.5. The summed E-state index contributed by atoms with van der Waals surface area (Å²) in [5, 5.41) is 5.60. The van der Waals surface area contributed by atoms with Gasteiger partial charge in [0.05, 0.1) is 16.1 Å². The van der Waals surface area contributed by atoms with Crippen molar-refractivity contribution in [2.45, 2.75) is 63.4 Å². The number of hydrogen-bond acceptors (Lipinski definition) is 7. The fourth-order valence-electron chi connectivity index (χ4n) is 3.13. The van der Waals surface area contributed by atoms with E-state index in [1.807, 2.05) is 0 Å². The predicted octanol–water partition coefficient (Wildman–Crippen LogP) is 4.70.